The third kappa shape index (κ3) is 5.26. The molecule has 190 valence electrons. The number of hydrogen-bond donors (Lipinski definition) is 2. The van der Waals surface area contributed by atoms with Crippen LogP contribution in [0.3, 0.4) is 0 Å². The van der Waals surface area contributed by atoms with Gasteiger partial charge < -0.3 is 24.0 Å². The summed E-state index contributed by atoms with van der Waals surface area (Å²) >= 11 is 0. The maximum absolute atomic E-state index is 13.2. The topological polar surface area (TPSA) is 172 Å². The van der Waals surface area contributed by atoms with Crippen LogP contribution in [0.5, 0.6) is 0 Å². The molecular formula is C20H25N3O10P2. The molecule has 2 aromatic heterocycles. The van der Waals surface area contributed by atoms with E-state index in [0.717, 1.165) is 33.6 Å². The molecule has 15 heteroatoms. The quantitative estimate of drug-likeness (QED) is 0.400. The van der Waals surface area contributed by atoms with Gasteiger partial charge in [-0.25, -0.2) is 4.79 Å². The Morgan fingerprint density at radius 2 is 1.97 bits per heavy atom. The molecule has 35 heavy (non-hydrogen) atoms. The minimum absolute atomic E-state index is 0.195. The number of aryl methyl sites for hydroxylation is 1. The zero-order valence-electron chi connectivity index (χ0n) is 19.1. The second kappa shape index (κ2) is 9.94. The van der Waals surface area contributed by atoms with E-state index in [0.29, 0.717) is 16.7 Å². The van der Waals surface area contributed by atoms with Crippen LogP contribution in [-0.2, 0) is 29.2 Å². The van der Waals surface area contributed by atoms with Crippen molar-refractivity contribution < 1.29 is 37.4 Å². The van der Waals surface area contributed by atoms with Crippen molar-refractivity contribution in [3.8, 4) is 0 Å². The highest BCUT2D eigenvalue weighted by Gasteiger charge is 2.45. The van der Waals surface area contributed by atoms with Crippen LogP contribution in [0.15, 0.2) is 44.6 Å². The van der Waals surface area contributed by atoms with Crippen molar-refractivity contribution in [2.45, 2.75) is 38.0 Å². The Kier molecular flexibility index (Phi) is 7.31. The Morgan fingerprint density at radius 3 is 2.69 bits per heavy atom. The number of para-hydroxylation sites is 1. The van der Waals surface area contributed by atoms with Gasteiger partial charge in [0.1, 0.15) is 24.0 Å². The van der Waals surface area contributed by atoms with Gasteiger partial charge in [0.2, 0.25) is 0 Å². The Balaban J connectivity index is 1.59. The number of ether oxygens (including phenoxy) is 1. The van der Waals surface area contributed by atoms with Gasteiger partial charge in [0, 0.05) is 31.0 Å². The van der Waals surface area contributed by atoms with Crippen LogP contribution in [0.25, 0.3) is 11.0 Å². The molecule has 2 N–H and O–H groups in total. The number of rotatable bonds is 8. The molecule has 1 aliphatic rings. The zero-order valence-corrected chi connectivity index (χ0v) is 21.0. The van der Waals surface area contributed by atoms with Gasteiger partial charge in [-0.3, -0.25) is 27.4 Å². The van der Waals surface area contributed by atoms with Gasteiger partial charge in [0.05, 0.1) is 13.2 Å². The molecule has 1 aliphatic heterocycles. The van der Waals surface area contributed by atoms with Crippen LogP contribution >= 0.6 is 15.6 Å². The second-order valence-electron chi connectivity index (χ2n) is 8.21. The maximum atomic E-state index is 13.2. The number of fused-ring (bicyclic) bond motifs is 1. The standard InChI is InChI=1S/C20H25N3O10P2/c1-11-5-4-6-12-13(21-32-18(11)12)9-23-15(24)7-8-22(20(23)27)19-17(26)16(25)14(31-19)10-30-35(3,29)33-34(2)28/h4-8,14,16-17,19,25-26,34H,9-10H2,1-3H3/t14-,16+,17?,19-,35?/m1/s1. The van der Waals surface area contributed by atoms with E-state index in [1.165, 1.54) is 6.66 Å². The SMILES string of the molecule is Cc1cccc2c(Cn3c(=O)ccn([C@@H]4O[C@H](COP(C)(=O)O[PH](C)=O)[C@H](O)C4O)c3=O)noc12. The van der Waals surface area contributed by atoms with Gasteiger partial charge in [-0.1, -0.05) is 17.3 Å². The molecule has 0 aliphatic carbocycles. The lowest BCUT2D eigenvalue weighted by atomic mass is 10.1. The van der Waals surface area contributed by atoms with Crippen LogP contribution in [0.2, 0.25) is 0 Å². The lowest BCUT2D eigenvalue weighted by molar-refractivity contribution is -0.0527. The predicted molar refractivity (Wildman–Crippen MR) is 124 cm³/mol. The average molecular weight is 529 g/mol. The maximum Gasteiger partial charge on any atom is 0.333 e. The van der Waals surface area contributed by atoms with E-state index in [1.807, 2.05) is 13.0 Å². The molecule has 1 fully saturated rings. The summed E-state index contributed by atoms with van der Waals surface area (Å²) in [4.78, 5) is 25.7. The Labute approximate surface area is 199 Å². The van der Waals surface area contributed by atoms with Gasteiger partial charge in [-0.05, 0) is 18.6 Å². The number of aromatic nitrogens is 3. The minimum Gasteiger partial charge on any atom is -0.387 e. The van der Waals surface area contributed by atoms with Crippen molar-refractivity contribution in [2.75, 3.05) is 19.9 Å². The van der Waals surface area contributed by atoms with E-state index in [4.69, 9.17) is 18.1 Å². The first-order valence-electron chi connectivity index (χ1n) is 10.6. The lowest BCUT2D eigenvalue weighted by Gasteiger charge is -2.19. The lowest BCUT2D eigenvalue weighted by Crippen LogP contribution is -2.43. The Hall–Kier alpha value is -2.37. The molecule has 1 aromatic carbocycles. The molecule has 3 unspecified atom stereocenters. The molecular weight excluding hydrogens is 504 g/mol. The molecule has 1 saturated heterocycles. The Bertz CT molecular complexity index is 1430. The summed E-state index contributed by atoms with van der Waals surface area (Å²) in [6.07, 6.45) is -4.47. The summed E-state index contributed by atoms with van der Waals surface area (Å²) in [5, 5.41) is 25.5. The summed E-state index contributed by atoms with van der Waals surface area (Å²) in [5.74, 6) is 0. The fraction of sp³-hybridized carbons (Fsp3) is 0.450. The summed E-state index contributed by atoms with van der Waals surface area (Å²) in [6, 6.07) is 6.52. The van der Waals surface area contributed by atoms with Gasteiger partial charge in [-0.15, -0.1) is 0 Å². The van der Waals surface area contributed by atoms with E-state index in [1.54, 1.807) is 12.1 Å². The first-order valence-corrected chi connectivity index (χ1v) is 14.4. The Morgan fingerprint density at radius 1 is 1.23 bits per heavy atom. The minimum atomic E-state index is -3.69. The fourth-order valence-corrected chi connectivity index (χ4v) is 6.35. The summed E-state index contributed by atoms with van der Waals surface area (Å²) < 4.78 is 46.2. The molecule has 13 nitrogen and oxygen atoms in total. The van der Waals surface area contributed by atoms with Crippen LogP contribution < -0.4 is 11.2 Å². The van der Waals surface area contributed by atoms with Crippen molar-refractivity contribution in [3.05, 3.63) is 62.6 Å². The third-order valence-electron chi connectivity index (χ3n) is 5.55. The number of aliphatic hydroxyl groups excluding tert-OH is 2. The first kappa shape index (κ1) is 25.7. The van der Waals surface area contributed by atoms with Crippen LogP contribution in [0.4, 0.5) is 0 Å². The molecule has 0 radical (unpaired) electrons. The first-order chi connectivity index (χ1) is 16.5. The molecule has 0 amide bonds. The van der Waals surface area contributed by atoms with E-state index >= 15 is 0 Å². The monoisotopic (exact) mass is 529 g/mol. The summed E-state index contributed by atoms with van der Waals surface area (Å²) in [5.41, 5.74) is 0.332. The van der Waals surface area contributed by atoms with Crippen molar-refractivity contribution in [1.82, 2.24) is 14.3 Å². The van der Waals surface area contributed by atoms with Gasteiger partial charge >= 0.3 is 13.3 Å². The molecule has 0 bridgehead atoms. The van der Waals surface area contributed by atoms with Gasteiger partial charge in [0.15, 0.2) is 19.8 Å². The number of nitrogens with zero attached hydrogens (tertiary/aromatic N) is 3. The molecule has 6 atom stereocenters. The van der Waals surface area contributed by atoms with Crippen LogP contribution in [0, 0.1) is 6.92 Å². The fourth-order valence-electron chi connectivity index (χ4n) is 3.85. The van der Waals surface area contributed by atoms with Crippen molar-refractivity contribution in [1.29, 1.82) is 0 Å². The highest BCUT2D eigenvalue weighted by Crippen LogP contribution is 2.51. The number of benzene rings is 1. The van der Waals surface area contributed by atoms with E-state index < -0.39 is 58.0 Å². The van der Waals surface area contributed by atoms with Crippen molar-refractivity contribution >= 4 is 26.6 Å². The van der Waals surface area contributed by atoms with Crippen LogP contribution in [-0.4, -0.2) is 62.8 Å². The zero-order chi connectivity index (χ0) is 25.5. The molecule has 3 aromatic rings. The number of aliphatic hydroxyl groups is 2. The van der Waals surface area contributed by atoms with Crippen LogP contribution in [0.1, 0.15) is 17.5 Å². The van der Waals surface area contributed by atoms with Gasteiger partial charge in [-0.2, -0.15) is 0 Å². The molecule has 0 saturated carbocycles. The highest BCUT2D eigenvalue weighted by atomic mass is 31.2. The smallest absolute Gasteiger partial charge is 0.333 e. The average Bonchev–Trinajstić information content (AvgIpc) is 3.31. The van der Waals surface area contributed by atoms with E-state index in [2.05, 4.69) is 5.16 Å². The predicted octanol–water partition coefficient (Wildman–Crippen LogP) is 1.09. The molecule has 0 spiro atoms. The van der Waals surface area contributed by atoms with Crippen molar-refractivity contribution in [3.63, 3.8) is 0 Å². The molecule has 4 rings (SSSR count). The highest BCUT2D eigenvalue weighted by molar-refractivity contribution is 7.61. The third-order valence-corrected chi connectivity index (χ3v) is 8.53. The van der Waals surface area contributed by atoms with Crippen molar-refractivity contribution in [2.24, 2.45) is 0 Å². The summed E-state index contributed by atoms with van der Waals surface area (Å²) in [7, 11) is -6.24. The van der Waals surface area contributed by atoms with Gasteiger partial charge in [0.25, 0.3) is 5.56 Å². The molecule has 3 heterocycles. The number of hydrogen-bond acceptors (Lipinski definition) is 11. The van der Waals surface area contributed by atoms with E-state index in [-0.39, 0.29) is 6.54 Å². The van der Waals surface area contributed by atoms with E-state index in [9.17, 15) is 28.9 Å². The summed E-state index contributed by atoms with van der Waals surface area (Å²) in [6.45, 7) is 3.55. The second-order valence-corrected chi connectivity index (χ2v) is 11.7. The largest absolute Gasteiger partial charge is 0.387 e. The normalized spacial score (nSPS) is 25.1.